The van der Waals surface area contributed by atoms with Gasteiger partial charge < -0.3 is 4.74 Å². The van der Waals surface area contributed by atoms with Gasteiger partial charge in [0, 0.05) is 6.21 Å². The van der Waals surface area contributed by atoms with Gasteiger partial charge in [-0.3, -0.25) is 10.2 Å². The summed E-state index contributed by atoms with van der Waals surface area (Å²) in [5.41, 5.74) is 6.30. The molecule has 0 aliphatic heterocycles. The first-order valence-electron chi connectivity index (χ1n) is 10.6. The van der Waals surface area contributed by atoms with E-state index in [-0.39, 0.29) is 17.8 Å². The number of carbonyl (C=O) groups excluding carboxylic acids is 1. The molecule has 29 heavy (non-hydrogen) atoms. The molecule has 2 rings (SSSR count). The Labute approximate surface area is 179 Å². The lowest BCUT2D eigenvalue weighted by molar-refractivity contribution is -0.147. The Morgan fingerprint density at radius 1 is 1.24 bits per heavy atom. The zero-order valence-corrected chi connectivity index (χ0v) is 19.2. The number of aryl methyl sites for hydroxylation is 1. The Morgan fingerprint density at radius 2 is 1.97 bits per heavy atom. The maximum atomic E-state index is 12.3. The van der Waals surface area contributed by atoms with Gasteiger partial charge >= 0.3 is 5.97 Å². The minimum absolute atomic E-state index is 0.0565. The highest BCUT2D eigenvalue weighted by Gasteiger charge is 2.22. The molecule has 0 radical (unpaired) electrons. The van der Waals surface area contributed by atoms with Crippen molar-refractivity contribution in [2.45, 2.75) is 72.6 Å². The van der Waals surface area contributed by atoms with Gasteiger partial charge in [0.1, 0.15) is 5.94 Å². The van der Waals surface area contributed by atoms with Crippen LogP contribution in [-0.2, 0) is 9.53 Å². The molecule has 0 heterocycles. The van der Waals surface area contributed by atoms with Gasteiger partial charge in [-0.2, -0.15) is 5.10 Å². The molecule has 0 spiro atoms. The van der Waals surface area contributed by atoms with Crippen LogP contribution in [0.2, 0.25) is 0 Å². The molecule has 1 fully saturated rings. The number of ether oxygens (including phenoxy) is 1. The Balaban J connectivity index is 2.09. The lowest BCUT2D eigenvalue weighted by Crippen LogP contribution is -2.21. The van der Waals surface area contributed by atoms with Gasteiger partial charge in [0.2, 0.25) is 0 Å². The largest absolute Gasteiger partial charge is 0.454 e. The number of hydrogen-bond donors (Lipinski definition) is 1. The smallest absolute Gasteiger partial charge is 0.309 e. The topological polar surface area (TPSA) is 63.1 Å². The maximum Gasteiger partial charge on any atom is 0.309 e. The van der Waals surface area contributed by atoms with Crippen molar-refractivity contribution in [3.8, 4) is 0 Å². The van der Waals surface area contributed by atoms with Crippen molar-refractivity contribution in [1.29, 1.82) is 0 Å². The van der Waals surface area contributed by atoms with E-state index in [1.54, 1.807) is 0 Å². The molecular formula is C23H35N3O2S. The van der Waals surface area contributed by atoms with Crippen LogP contribution >= 0.6 is 11.8 Å². The summed E-state index contributed by atoms with van der Waals surface area (Å²) in [4.78, 5) is 17.1. The third kappa shape index (κ3) is 8.21. The molecule has 1 aliphatic rings. The minimum Gasteiger partial charge on any atom is -0.454 e. The van der Waals surface area contributed by atoms with Crippen LogP contribution in [0, 0.1) is 18.8 Å². The van der Waals surface area contributed by atoms with Crippen LogP contribution in [0.5, 0.6) is 0 Å². The normalized spacial score (nSPS) is 16.0. The average molecular weight is 418 g/mol. The molecule has 0 saturated heterocycles. The third-order valence-corrected chi connectivity index (χ3v) is 5.59. The van der Waals surface area contributed by atoms with E-state index in [1.165, 1.54) is 23.7 Å². The van der Waals surface area contributed by atoms with E-state index in [2.05, 4.69) is 63.3 Å². The Hall–Kier alpha value is -1.82. The lowest BCUT2D eigenvalue weighted by atomic mass is 9.89. The van der Waals surface area contributed by atoms with Gasteiger partial charge in [0.05, 0.1) is 11.6 Å². The predicted octanol–water partition coefficient (Wildman–Crippen LogP) is 6.15. The monoisotopic (exact) mass is 417 g/mol. The summed E-state index contributed by atoms with van der Waals surface area (Å²) in [6.45, 7) is 10.5. The van der Waals surface area contributed by atoms with E-state index in [4.69, 9.17) is 9.73 Å². The van der Waals surface area contributed by atoms with Crippen molar-refractivity contribution in [2.24, 2.45) is 21.9 Å². The second-order valence-electron chi connectivity index (χ2n) is 8.33. The number of thioether (sulfide) groups is 1. The van der Waals surface area contributed by atoms with Crippen molar-refractivity contribution in [3.05, 3.63) is 29.3 Å². The Morgan fingerprint density at radius 3 is 2.62 bits per heavy atom. The molecule has 1 aliphatic carbocycles. The predicted molar refractivity (Wildman–Crippen MR) is 124 cm³/mol. The molecule has 5 nitrogen and oxygen atoms in total. The summed E-state index contributed by atoms with van der Waals surface area (Å²) in [5.74, 6) is 0.912. The van der Waals surface area contributed by atoms with Gasteiger partial charge in [0.15, 0.2) is 5.17 Å². The number of carbonyl (C=O) groups is 1. The molecule has 1 saturated carbocycles. The molecule has 0 amide bonds. The SMILES string of the molecule is Cc1ccc(C(C)C)c(N=C(N/N=C/C(C)C)SCOC(=O)C2CCCCC2)c1. The summed E-state index contributed by atoms with van der Waals surface area (Å²) in [6, 6.07) is 6.32. The van der Waals surface area contributed by atoms with Gasteiger partial charge in [-0.25, -0.2) is 4.99 Å². The number of amidine groups is 1. The first-order valence-corrected chi connectivity index (χ1v) is 11.6. The number of esters is 1. The zero-order valence-electron chi connectivity index (χ0n) is 18.4. The summed E-state index contributed by atoms with van der Waals surface area (Å²) >= 11 is 1.37. The highest BCUT2D eigenvalue weighted by molar-refractivity contribution is 8.13. The van der Waals surface area contributed by atoms with Crippen molar-refractivity contribution in [2.75, 3.05) is 5.94 Å². The molecule has 1 N–H and O–H groups in total. The molecule has 160 valence electrons. The fourth-order valence-electron chi connectivity index (χ4n) is 3.28. The van der Waals surface area contributed by atoms with E-state index < -0.39 is 0 Å². The van der Waals surface area contributed by atoms with Crippen LogP contribution < -0.4 is 5.43 Å². The summed E-state index contributed by atoms with van der Waals surface area (Å²) < 4.78 is 5.53. The average Bonchev–Trinajstić information content (AvgIpc) is 2.68. The fourth-order valence-corrected chi connectivity index (χ4v) is 3.85. The molecule has 1 aromatic rings. The van der Waals surface area contributed by atoms with Crippen LogP contribution in [0.4, 0.5) is 5.69 Å². The van der Waals surface area contributed by atoms with E-state index in [0.29, 0.717) is 17.0 Å². The zero-order chi connectivity index (χ0) is 21.2. The van der Waals surface area contributed by atoms with E-state index in [0.717, 1.165) is 36.9 Å². The Kier molecular flexibility index (Phi) is 9.71. The standard InChI is InChI=1S/C23H35N3O2S/c1-16(2)14-24-26-23(25-21-13-18(5)11-12-20(21)17(3)4)29-15-28-22(27)19-9-7-6-8-10-19/h11-14,16-17,19H,6-10,15H2,1-5H3,(H,25,26)/b24-14+. The van der Waals surface area contributed by atoms with Gasteiger partial charge in [0.25, 0.3) is 0 Å². The van der Waals surface area contributed by atoms with Crippen molar-refractivity contribution >= 4 is 34.8 Å². The van der Waals surface area contributed by atoms with Crippen LogP contribution in [-0.4, -0.2) is 23.3 Å². The minimum atomic E-state index is -0.0827. The summed E-state index contributed by atoms with van der Waals surface area (Å²) in [7, 11) is 0. The number of aliphatic imine (C=N–C) groups is 1. The number of nitrogens with zero attached hydrogens (tertiary/aromatic N) is 2. The fraction of sp³-hybridized carbons (Fsp3) is 0.609. The first-order chi connectivity index (χ1) is 13.9. The van der Waals surface area contributed by atoms with E-state index >= 15 is 0 Å². The molecule has 0 atom stereocenters. The molecule has 0 aromatic heterocycles. The highest BCUT2D eigenvalue weighted by Crippen LogP contribution is 2.29. The number of nitrogens with one attached hydrogen (secondary N) is 1. The van der Waals surface area contributed by atoms with Gasteiger partial charge in [-0.05, 0) is 60.6 Å². The number of hydrazone groups is 1. The van der Waals surface area contributed by atoms with Crippen LogP contribution in [0.25, 0.3) is 0 Å². The van der Waals surface area contributed by atoms with Crippen LogP contribution in [0.3, 0.4) is 0 Å². The van der Waals surface area contributed by atoms with Crippen molar-refractivity contribution < 1.29 is 9.53 Å². The molecule has 6 heteroatoms. The van der Waals surface area contributed by atoms with Crippen molar-refractivity contribution in [1.82, 2.24) is 5.43 Å². The molecule has 0 bridgehead atoms. The lowest BCUT2D eigenvalue weighted by Gasteiger charge is -2.19. The second kappa shape index (κ2) is 12.0. The van der Waals surface area contributed by atoms with Gasteiger partial charge in [-0.15, -0.1) is 0 Å². The quantitative estimate of drug-likeness (QED) is 0.190. The number of hydrogen-bond acceptors (Lipinski definition) is 5. The van der Waals surface area contributed by atoms with E-state index in [9.17, 15) is 4.79 Å². The van der Waals surface area contributed by atoms with E-state index in [1.807, 2.05) is 6.21 Å². The summed E-state index contributed by atoms with van der Waals surface area (Å²) in [5, 5.41) is 4.92. The first kappa shape index (κ1) is 23.5. The van der Waals surface area contributed by atoms with Crippen LogP contribution in [0.15, 0.2) is 28.3 Å². The highest BCUT2D eigenvalue weighted by atomic mass is 32.2. The maximum absolute atomic E-state index is 12.3. The van der Waals surface area contributed by atoms with Gasteiger partial charge in [-0.1, -0.05) is 59.1 Å². The second-order valence-corrected chi connectivity index (χ2v) is 9.24. The summed E-state index contributed by atoms with van der Waals surface area (Å²) in [6.07, 6.45) is 7.20. The van der Waals surface area contributed by atoms with Crippen LogP contribution in [0.1, 0.15) is 76.8 Å². The Bertz CT molecular complexity index is 723. The third-order valence-electron chi connectivity index (χ3n) is 4.90. The number of rotatable bonds is 7. The number of benzene rings is 1. The molecular weight excluding hydrogens is 382 g/mol. The van der Waals surface area contributed by atoms with Crippen molar-refractivity contribution in [3.63, 3.8) is 0 Å². The molecule has 1 aromatic carbocycles. The molecule has 0 unspecified atom stereocenters.